The predicted octanol–water partition coefficient (Wildman–Crippen LogP) is 3.99. The number of benzene rings is 1. The van der Waals surface area contributed by atoms with Crippen LogP contribution in [0.15, 0.2) is 30.3 Å². The summed E-state index contributed by atoms with van der Waals surface area (Å²) in [6, 6.07) is 12.8. The summed E-state index contributed by atoms with van der Waals surface area (Å²) in [5.41, 5.74) is 1.46. The SMILES string of the molecule is CCC1CCCCN1C(CNC(C)C)c1ccccc1. The summed E-state index contributed by atoms with van der Waals surface area (Å²) in [7, 11) is 0. The maximum atomic E-state index is 3.64. The van der Waals surface area contributed by atoms with E-state index in [9.17, 15) is 0 Å². The van der Waals surface area contributed by atoms with E-state index in [4.69, 9.17) is 0 Å². The van der Waals surface area contributed by atoms with Crippen molar-refractivity contribution in [1.82, 2.24) is 10.2 Å². The first-order valence-corrected chi connectivity index (χ1v) is 8.26. The molecule has 0 aromatic heterocycles. The highest BCUT2D eigenvalue weighted by atomic mass is 15.2. The van der Waals surface area contributed by atoms with Crippen molar-refractivity contribution in [1.29, 1.82) is 0 Å². The lowest BCUT2D eigenvalue weighted by Crippen LogP contribution is -2.45. The first kappa shape index (κ1) is 15.5. The van der Waals surface area contributed by atoms with Crippen LogP contribution in [0.25, 0.3) is 0 Å². The molecule has 112 valence electrons. The number of piperidine rings is 1. The van der Waals surface area contributed by atoms with Gasteiger partial charge in [0.05, 0.1) is 0 Å². The highest BCUT2D eigenvalue weighted by Crippen LogP contribution is 2.29. The maximum Gasteiger partial charge on any atom is 0.0475 e. The molecule has 0 saturated carbocycles. The minimum atomic E-state index is 0.517. The van der Waals surface area contributed by atoms with Gasteiger partial charge in [-0.25, -0.2) is 0 Å². The van der Waals surface area contributed by atoms with E-state index in [2.05, 4.69) is 61.3 Å². The normalized spacial score (nSPS) is 22.1. The van der Waals surface area contributed by atoms with Crippen LogP contribution in [0.5, 0.6) is 0 Å². The van der Waals surface area contributed by atoms with Crippen molar-refractivity contribution >= 4 is 0 Å². The number of hydrogen-bond acceptors (Lipinski definition) is 2. The van der Waals surface area contributed by atoms with E-state index in [1.807, 2.05) is 0 Å². The summed E-state index contributed by atoms with van der Waals surface area (Å²) < 4.78 is 0. The zero-order valence-corrected chi connectivity index (χ0v) is 13.3. The quantitative estimate of drug-likeness (QED) is 0.844. The molecule has 1 heterocycles. The summed E-state index contributed by atoms with van der Waals surface area (Å²) in [5, 5.41) is 3.64. The number of rotatable bonds is 6. The molecule has 1 saturated heterocycles. The summed E-state index contributed by atoms with van der Waals surface area (Å²) >= 11 is 0. The summed E-state index contributed by atoms with van der Waals surface area (Å²) in [5.74, 6) is 0. The lowest BCUT2D eigenvalue weighted by Gasteiger charge is -2.41. The third-order valence-corrected chi connectivity index (χ3v) is 4.45. The summed E-state index contributed by atoms with van der Waals surface area (Å²) in [6.45, 7) is 9.10. The van der Waals surface area contributed by atoms with Crippen molar-refractivity contribution in [2.24, 2.45) is 0 Å². The molecule has 2 atom stereocenters. The van der Waals surface area contributed by atoms with Gasteiger partial charge in [-0.3, -0.25) is 4.90 Å². The van der Waals surface area contributed by atoms with Crippen molar-refractivity contribution in [3.05, 3.63) is 35.9 Å². The van der Waals surface area contributed by atoms with Crippen LogP contribution < -0.4 is 5.32 Å². The molecule has 2 nitrogen and oxygen atoms in total. The Morgan fingerprint density at radius 3 is 2.60 bits per heavy atom. The average Bonchev–Trinajstić information content (AvgIpc) is 2.49. The van der Waals surface area contributed by atoms with Crippen molar-refractivity contribution in [3.63, 3.8) is 0 Å². The molecule has 1 aliphatic rings. The Morgan fingerprint density at radius 1 is 1.20 bits per heavy atom. The highest BCUT2D eigenvalue weighted by molar-refractivity contribution is 5.20. The van der Waals surface area contributed by atoms with Crippen molar-refractivity contribution in [3.8, 4) is 0 Å². The standard InChI is InChI=1S/C18H30N2/c1-4-17-12-8-9-13-20(17)18(14-19-15(2)3)16-10-6-5-7-11-16/h5-7,10-11,15,17-19H,4,8-9,12-14H2,1-3H3. The zero-order chi connectivity index (χ0) is 14.4. The van der Waals surface area contributed by atoms with Crippen LogP contribution in [0.3, 0.4) is 0 Å². The van der Waals surface area contributed by atoms with Gasteiger partial charge in [-0.1, -0.05) is 57.5 Å². The first-order chi connectivity index (χ1) is 9.72. The molecule has 1 N–H and O–H groups in total. The van der Waals surface area contributed by atoms with Crippen LogP contribution in [-0.4, -0.2) is 30.1 Å². The van der Waals surface area contributed by atoms with E-state index < -0.39 is 0 Å². The molecule has 0 aliphatic carbocycles. The smallest absolute Gasteiger partial charge is 0.0475 e. The maximum absolute atomic E-state index is 3.64. The molecular weight excluding hydrogens is 244 g/mol. The number of nitrogens with zero attached hydrogens (tertiary/aromatic N) is 1. The minimum Gasteiger partial charge on any atom is -0.313 e. The van der Waals surface area contributed by atoms with Crippen molar-refractivity contribution in [2.45, 2.75) is 64.6 Å². The van der Waals surface area contributed by atoms with Crippen LogP contribution in [0.1, 0.15) is 58.1 Å². The fourth-order valence-electron chi connectivity index (χ4n) is 3.32. The Labute approximate surface area is 124 Å². The van der Waals surface area contributed by atoms with Crippen LogP contribution in [0.2, 0.25) is 0 Å². The predicted molar refractivity (Wildman–Crippen MR) is 87.0 cm³/mol. The molecule has 0 spiro atoms. The highest BCUT2D eigenvalue weighted by Gasteiger charge is 2.28. The van der Waals surface area contributed by atoms with E-state index in [1.165, 1.54) is 37.8 Å². The molecule has 1 aromatic carbocycles. The third kappa shape index (κ3) is 4.07. The fraction of sp³-hybridized carbons (Fsp3) is 0.667. The van der Waals surface area contributed by atoms with E-state index in [1.54, 1.807) is 0 Å². The molecule has 0 amide bonds. The van der Waals surface area contributed by atoms with Gasteiger partial charge in [0.1, 0.15) is 0 Å². The zero-order valence-electron chi connectivity index (χ0n) is 13.3. The molecule has 1 aromatic rings. The lowest BCUT2D eigenvalue weighted by atomic mass is 9.94. The van der Waals surface area contributed by atoms with Crippen molar-refractivity contribution in [2.75, 3.05) is 13.1 Å². The minimum absolute atomic E-state index is 0.517. The van der Waals surface area contributed by atoms with Gasteiger partial charge in [-0.15, -0.1) is 0 Å². The van der Waals surface area contributed by atoms with Gasteiger partial charge in [0.2, 0.25) is 0 Å². The molecule has 2 rings (SSSR count). The molecule has 2 unspecified atom stereocenters. The molecule has 2 heteroatoms. The van der Waals surface area contributed by atoms with Gasteiger partial charge >= 0.3 is 0 Å². The topological polar surface area (TPSA) is 15.3 Å². The fourth-order valence-corrected chi connectivity index (χ4v) is 3.32. The monoisotopic (exact) mass is 274 g/mol. The Balaban J connectivity index is 2.16. The number of nitrogens with one attached hydrogen (secondary N) is 1. The molecule has 20 heavy (non-hydrogen) atoms. The van der Waals surface area contributed by atoms with Gasteiger partial charge in [-0.05, 0) is 31.4 Å². The molecule has 0 radical (unpaired) electrons. The van der Waals surface area contributed by atoms with E-state index in [0.717, 1.165) is 12.6 Å². The Morgan fingerprint density at radius 2 is 1.95 bits per heavy atom. The van der Waals surface area contributed by atoms with E-state index in [0.29, 0.717) is 12.1 Å². The van der Waals surface area contributed by atoms with Gasteiger partial charge in [0, 0.05) is 24.7 Å². The Hall–Kier alpha value is -0.860. The van der Waals surface area contributed by atoms with Gasteiger partial charge in [-0.2, -0.15) is 0 Å². The van der Waals surface area contributed by atoms with Crippen LogP contribution in [0, 0.1) is 0 Å². The van der Waals surface area contributed by atoms with Crippen LogP contribution in [-0.2, 0) is 0 Å². The third-order valence-electron chi connectivity index (χ3n) is 4.45. The lowest BCUT2D eigenvalue weighted by molar-refractivity contribution is 0.0891. The van der Waals surface area contributed by atoms with Gasteiger partial charge in [0.25, 0.3) is 0 Å². The second kappa shape index (κ2) is 7.80. The summed E-state index contributed by atoms with van der Waals surface area (Å²) in [6.07, 6.45) is 5.38. The second-order valence-corrected chi connectivity index (χ2v) is 6.29. The molecule has 1 aliphatic heterocycles. The first-order valence-electron chi connectivity index (χ1n) is 8.26. The Kier molecular flexibility index (Phi) is 6.06. The van der Waals surface area contributed by atoms with Crippen LogP contribution in [0.4, 0.5) is 0 Å². The molecular formula is C18H30N2. The van der Waals surface area contributed by atoms with Gasteiger partial charge < -0.3 is 5.32 Å². The van der Waals surface area contributed by atoms with Gasteiger partial charge in [0.15, 0.2) is 0 Å². The molecule has 1 fully saturated rings. The summed E-state index contributed by atoms with van der Waals surface area (Å²) in [4.78, 5) is 2.74. The van der Waals surface area contributed by atoms with E-state index in [-0.39, 0.29) is 0 Å². The average molecular weight is 274 g/mol. The number of hydrogen-bond donors (Lipinski definition) is 1. The van der Waals surface area contributed by atoms with Crippen LogP contribution >= 0.6 is 0 Å². The number of likely N-dealkylation sites (tertiary alicyclic amines) is 1. The van der Waals surface area contributed by atoms with E-state index >= 15 is 0 Å². The largest absolute Gasteiger partial charge is 0.313 e. The molecule has 0 bridgehead atoms. The second-order valence-electron chi connectivity index (χ2n) is 6.29. The Bertz CT molecular complexity index is 374. The van der Waals surface area contributed by atoms with Crippen molar-refractivity contribution < 1.29 is 0 Å².